The zero-order valence-corrected chi connectivity index (χ0v) is 78.2. The Kier molecular flexibility index (Phi) is 30.7. The van der Waals surface area contributed by atoms with Crippen molar-refractivity contribution < 1.29 is 45.4 Å². The van der Waals surface area contributed by atoms with Crippen molar-refractivity contribution in [3.05, 3.63) is 418 Å². The van der Waals surface area contributed by atoms with E-state index in [1.165, 1.54) is 101 Å². The summed E-state index contributed by atoms with van der Waals surface area (Å²) in [7, 11) is 1.67. The highest BCUT2D eigenvalue weighted by Crippen LogP contribution is 2.55. The summed E-state index contributed by atoms with van der Waals surface area (Å²) in [6, 6.07) is 96.3. The summed E-state index contributed by atoms with van der Waals surface area (Å²) >= 11 is 6.08. The van der Waals surface area contributed by atoms with Crippen LogP contribution in [0.1, 0.15) is 187 Å². The number of aryl methyl sites for hydroxylation is 4. The molecular weight excluding hydrogens is 1720 g/mol. The van der Waals surface area contributed by atoms with Crippen LogP contribution in [0.5, 0.6) is 5.75 Å². The molecule has 7 aliphatic rings. The Morgan fingerprint density at radius 3 is 0.775 bits per heavy atom. The number of hydrogen-bond acceptors (Lipinski definition) is 10. The van der Waals surface area contributed by atoms with Crippen LogP contribution < -0.4 is 4.74 Å². The first-order chi connectivity index (χ1) is 66.9. The van der Waals surface area contributed by atoms with Crippen molar-refractivity contribution in [1.29, 1.82) is 0 Å². The van der Waals surface area contributed by atoms with Crippen molar-refractivity contribution >= 4 is 23.0 Å². The van der Waals surface area contributed by atoms with Crippen LogP contribution in [-0.2, 0) is 0 Å². The van der Waals surface area contributed by atoms with E-state index in [1.54, 1.807) is 25.3 Å². The maximum atomic E-state index is 11.0. The zero-order valence-electron chi connectivity index (χ0n) is 77.4. The molecule has 0 saturated heterocycles. The molecule has 0 bridgehead atoms. The van der Waals surface area contributed by atoms with Crippen LogP contribution in [-0.4, -0.2) is 90.5 Å². The van der Waals surface area contributed by atoms with Gasteiger partial charge in [-0.15, -0.1) is 86.4 Å². The lowest BCUT2D eigenvalue weighted by Gasteiger charge is -2.19. The molecule has 14 aromatic carbocycles. The Balaban J connectivity index is 0.000000122. The van der Waals surface area contributed by atoms with E-state index < -0.39 is 47.7 Å². The number of nitro groups is 1. The third kappa shape index (κ3) is 19.8. The number of hydrogen-bond donors (Lipinski definition) is 7. The third-order valence-corrected chi connectivity index (χ3v) is 27.2. The topological polar surface area (TPSA) is 198 Å². The molecule has 13 heteroatoms. The molecule has 7 aliphatic carbocycles. The molecule has 7 N–H and O–H groups in total. The quantitative estimate of drug-likeness (QED) is 0.0211. The molecule has 14 aromatic rings. The molecule has 0 radical (unpaired) electrons. The van der Waals surface area contributed by atoms with Gasteiger partial charge in [0.1, 0.15) is 5.75 Å². The van der Waals surface area contributed by atoms with E-state index in [1.807, 2.05) is 152 Å². The Hall–Kier alpha value is -15.3. The van der Waals surface area contributed by atoms with Gasteiger partial charge in [-0.25, -0.2) is 4.85 Å². The summed E-state index contributed by atoms with van der Waals surface area (Å²) < 4.78 is 5.33. The first-order valence-electron chi connectivity index (χ1n) is 46.0. The standard InChI is InChI=1S/C19H18O2.C19H18O.C18H13NO.C18H16O.C17H13ClO.C17H13NO3.C17H14O/c1-4-5-18(20)19-14-8-6-12(2)10-16(14)17-11-13(21-3)7-9-15(17)19;1-4-5-18(20)19-14-8-6-12(2)10-16(14)17-11-13(3)7-9-15(17)19;1-3-6-17(20)18-14-8-5-4-7-13(14)16-11-12(19-2)9-10-15(16)18;1-3-6-17(19)18-14-8-5-4-7-13(14)16-11-12(2)9-10-15(16)18;1-2-5-16(19)17-13-7-4-3-6-12(13)15-10-11(18)8-9-14(15)17;1-2-5-16(19)17-13-7-4-3-6-12(13)15-10-11(18(20)21)8-9-14(15)17;1-2-7-16(18)17-14-10-5-3-8-12(14)13-9-4-6-11-15(13)17/h1,6-11,18-20H,5H2,2-3H3;1,6-11,18-20H,5H2,2-3H3;1,4-5,7-11,17-18,20H,6H2;1,4-5,7-11,17-19H,6H2,2H3;1,3-4,6-10,16-17,19H,5H2;1,3-4,6-10,16-17,19H,5H2;1,3-6,8-11,16-18H,7H2. The number of nitro benzene ring substituents is 1. The van der Waals surface area contributed by atoms with E-state index in [9.17, 15) is 45.9 Å². The fourth-order valence-electron chi connectivity index (χ4n) is 21.0. The lowest BCUT2D eigenvalue weighted by atomic mass is 9.89. The molecular formula is C125H105ClN2O10. The minimum atomic E-state index is -0.696. The Morgan fingerprint density at radius 1 is 0.297 bits per heavy atom. The Morgan fingerprint density at radius 2 is 0.507 bits per heavy atom. The van der Waals surface area contributed by atoms with Gasteiger partial charge in [0, 0.05) is 104 Å². The summed E-state index contributed by atoms with van der Waals surface area (Å²) in [5.74, 6) is 18.2. The van der Waals surface area contributed by atoms with Gasteiger partial charge < -0.3 is 40.5 Å². The number of fused-ring (bicyclic) bond motifs is 21. The molecule has 0 aliphatic heterocycles. The van der Waals surface area contributed by atoms with Crippen LogP contribution in [0.25, 0.3) is 82.7 Å². The minimum Gasteiger partial charge on any atom is -0.497 e. The van der Waals surface area contributed by atoms with E-state index in [-0.39, 0.29) is 53.5 Å². The summed E-state index contributed by atoms with van der Waals surface area (Å²) in [5, 5.41) is 84.3. The van der Waals surface area contributed by atoms with E-state index in [2.05, 4.69) is 189 Å². The van der Waals surface area contributed by atoms with Gasteiger partial charge >= 0.3 is 0 Å². The Bertz CT molecular complexity index is 7110. The molecule has 0 heterocycles. The van der Waals surface area contributed by atoms with Gasteiger partial charge in [0.15, 0.2) is 5.69 Å². The lowest BCUT2D eigenvalue weighted by molar-refractivity contribution is -0.384. The highest BCUT2D eigenvalue weighted by Gasteiger charge is 2.41. The maximum Gasteiger partial charge on any atom is 0.270 e. The van der Waals surface area contributed by atoms with Gasteiger partial charge in [0.2, 0.25) is 0 Å². The fourth-order valence-corrected chi connectivity index (χ4v) is 21.2. The van der Waals surface area contributed by atoms with Crippen LogP contribution in [0.2, 0.25) is 5.02 Å². The van der Waals surface area contributed by atoms with Gasteiger partial charge in [-0.1, -0.05) is 283 Å². The van der Waals surface area contributed by atoms with E-state index in [0.717, 1.165) is 89.2 Å². The number of rotatable bonds is 16. The number of nitrogens with zero attached hydrogens (tertiary/aromatic N) is 2. The largest absolute Gasteiger partial charge is 0.497 e. The van der Waals surface area contributed by atoms with Gasteiger partial charge in [0.25, 0.3) is 5.69 Å². The van der Waals surface area contributed by atoms with E-state index >= 15 is 0 Å². The third-order valence-electron chi connectivity index (χ3n) is 27.0. The van der Waals surface area contributed by atoms with Gasteiger partial charge in [-0.05, 0) is 214 Å². The number of halogens is 1. The highest BCUT2D eigenvalue weighted by molar-refractivity contribution is 6.31. The van der Waals surface area contributed by atoms with E-state index in [4.69, 9.17) is 67.9 Å². The van der Waals surface area contributed by atoms with Crippen molar-refractivity contribution in [2.75, 3.05) is 7.11 Å². The molecule has 0 fully saturated rings. The van der Waals surface area contributed by atoms with Crippen molar-refractivity contribution in [2.45, 2.75) is 157 Å². The fraction of sp³-hybridized carbons (Fsp3) is 0.208. The number of terminal acetylenes is 7. The second-order valence-corrected chi connectivity index (χ2v) is 36.1. The van der Waals surface area contributed by atoms with Crippen molar-refractivity contribution in [3.63, 3.8) is 0 Å². The average Bonchev–Trinajstić information content (AvgIpc) is 1.58. The van der Waals surface area contributed by atoms with Crippen LogP contribution >= 0.6 is 11.6 Å². The highest BCUT2D eigenvalue weighted by atomic mass is 35.5. The molecule has 12 atom stereocenters. The summed E-state index contributed by atoms with van der Waals surface area (Å²) in [4.78, 5) is 14.0. The molecule has 21 rings (SSSR count). The Labute approximate surface area is 814 Å². The number of non-ortho nitro benzene ring substituents is 1. The molecule has 0 aromatic heterocycles. The van der Waals surface area contributed by atoms with Gasteiger partial charge in [-0.2, -0.15) is 0 Å². The van der Waals surface area contributed by atoms with Crippen molar-refractivity contribution in [1.82, 2.24) is 0 Å². The predicted octanol–water partition coefficient (Wildman–Crippen LogP) is 24.6. The second-order valence-electron chi connectivity index (χ2n) is 35.7. The number of aliphatic hydroxyl groups excluding tert-OH is 7. The molecule has 682 valence electrons. The first-order valence-corrected chi connectivity index (χ1v) is 46.4. The van der Waals surface area contributed by atoms with Crippen LogP contribution in [0.4, 0.5) is 11.4 Å². The van der Waals surface area contributed by atoms with Gasteiger partial charge in [0.05, 0.1) is 61.3 Å². The zero-order chi connectivity index (χ0) is 97.7. The number of benzene rings is 14. The normalized spacial score (nSPS) is 16.3. The van der Waals surface area contributed by atoms with Gasteiger partial charge in [-0.3, -0.25) is 10.1 Å². The molecule has 12 unspecified atom stereocenters. The van der Waals surface area contributed by atoms with Crippen molar-refractivity contribution in [2.24, 2.45) is 0 Å². The molecule has 12 nitrogen and oxygen atoms in total. The molecule has 0 amide bonds. The minimum absolute atomic E-state index is 0.00255. The second kappa shape index (κ2) is 43.6. The monoisotopic (exact) mass is 1830 g/mol. The summed E-state index contributed by atoms with van der Waals surface area (Å²) in [6.07, 6.45) is 35.8. The number of methoxy groups -OCH3 is 1. The van der Waals surface area contributed by atoms with Crippen LogP contribution in [0, 0.1) is 131 Å². The summed E-state index contributed by atoms with van der Waals surface area (Å²) in [5.41, 5.74) is 37.0. The molecule has 0 spiro atoms. The lowest BCUT2D eigenvalue weighted by Crippen LogP contribution is -2.17. The van der Waals surface area contributed by atoms with Crippen LogP contribution in [0.15, 0.2) is 291 Å². The van der Waals surface area contributed by atoms with Crippen LogP contribution in [0.3, 0.4) is 0 Å². The van der Waals surface area contributed by atoms with Crippen molar-refractivity contribution in [3.8, 4) is 170 Å². The predicted molar refractivity (Wildman–Crippen MR) is 556 cm³/mol. The van der Waals surface area contributed by atoms with E-state index in [0.29, 0.717) is 49.2 Å². The molecule has 0 saturated carbocycles. The summed E-state index contributed by atoms with van der Waals surface area (Å²) in [6.45, 7) is 15.5. The average molecular weight is 1830 g/mol. The molecule has 138 heavy (non-hydrogen) atoms. The number of ether oxygens (including phenoxy) is 1. The smallest absolute Gasteiger partial charge is 0.270 e. The maximum absolute atomic E-state index is 11.0. The first kappa shape index (κ1) is 97.2. The number of aliphatic hydroxyl groups is 7. The SMILES string of the molecule is C#CCC(O)C1c2ccc(C)cc2-c2cc(C)ccc21.C#CCC(O)C1c2ccc(C)cc2-c2cc(OC)ccc21.C#CCC(O)C1c2ccccc2-c2cc(C)ccc21.C#CCC(O)C1c2ccccc2-c2cc(Cl)ccc21.C#CCC(O)C1c2ccccc2-c2cc([N+](=O)[O-])ccc21.C#CCC(O)C1c2ccccc2-c2ccccc21.[C-]#[N+]c1ccc2c(c1)-c1ccccc1C2C(O)CC#C.